The predicted octanol–water partition coefficient (Wildman–Crippen LogP) is 5.44. The third-order valence-corrected chi connectivity index (χ3v) is 4.50. The van der Waals surface area contributed by atoms with Gasteiger partial charge in [0.2, 0.25) is 0 Å². The summed E-state index contributed by atoms with van der Waals surface area (Å²) in [6, 6.07) is 11.4. The monoisotopic (exact) mass is 432 g/mol. The molecule has 0 unspecified atom stereocenters. The van der Waals surface area contributed by atoms with Crippen LogP contribution in [0.4, 0.5) is 0 Å². The van der Waals surface area contributed by atoms with E-state index < -0.39 is 0 Å². The molecule has 0 radical (unpaired) electrons. The van der Waals surface area contributed by atoms with Crippen LogP contribution in [0.5, 0.6) is 0 Å². The van der Waals surface area contributed by atoms with Crippen LogP contribution in [0.1, 0.15) is 10.4 Å². The first-order chi connectivity index (χ1) is 9.47. The van der Waals surface area contributed by atoms with Gasteiger partial charge in [-0.3, -0.25) is 0 Å². The van der Waals surface area contributed by atoms with Crippen molar-refractivity contribution in [3.8, 4) is 0 Å². The summed E-state index contributed by atoms with van der Waals surface area (Å²) in [5.74, 6) is -0.350. The summed E-state index contributed by atoms with van der Waals surface area (Å²) in [6.45, 7) is 0. The van der Waals surface area contributed by atoms with Crippen molar-refractivity contribution in [1.82, 2.24) is 0 Å². The highest BCUT2D eigenvalue weighted by Gasteiger charge is 2.09. The number of methoxy groups -OCH3 is 1. The summed E-state index contributed by atoms with van der Waals surface area (Å²) in [6.07, 6.45) is 0. The number of hydrogen-bond donors (Lipinski definition) is 1. The van der Waals surface area contributed by atoms with Gasteiger partial charge >= 0.3 is 5.97 Å². The van der Waals surface area contributed by atoms with Crippen LogP contribution in [0, 0.1) is 0 Å². The van der Waals surface area contributed by atoms with Gasteiger partial charge < -0.3 is 4.74 Å². The maximum absolute atomic E-state index is 11.6. The lowest BCUT2D eigenvalue weighted by Crippen LogP contribution is -2.01. The molecule has 0 saturated heterocycles. The van der Waals surface area contributed by atoms with Crippen molar-refractivity contribution in [2.75, 3.05) is 7.11 Å². The highest BCUT2D eigenvalue weighted by molar-refractivity contribution is 9.10. The SMILES string of the molecule is COC(=O)c1cc(Br)cc(Sc2cc(S)cc(Br)c2)c1. The molecule has 0 bridgehead atoms. The molecule has 0 spiro atoms. The number of ether oxygens (including phenoxy) is 1. The zero-order valence-electron chi connectivity index (χ0n) is 10.4. The van der Waals surface area contributed by atoms with Gasteiger partial charge in [0.1, 0.15) is 0 Å². The Morgan fingerprint density at radius 3 is 2.25 bits per heavy atom. The minimum atomic E-state index is -0.350. The molecule has 0 saturated carbocycles. The lowest BCUT2D eigenvalue weighted by molar-refractivity contribution is 0.0600. The molecule has 0 fully saturated rings. The molecular formula is C14H10Br2O2S2. The second kappa shape index (κ2) is 7.02. The average molecular weight is 434 g/mol. The maximum Gasteiger partial charge on any atom is 0.337 e. The summed E-state index contributed by atoms with van der Waals surface area (Å²) in [5.41, 5.74) is 0.519. The van der Waals surface area contributed by atoms with Crippen LogP contribution in [0.2, 0.25) is 0 Å². The third kappa shape index (κ3) is 4.28. The molecule has 2 rings (SSSR count). The Hall–Kier alpha value is -0.430. The summed E-state index contributed by atoms with van der Waals surface area (Å²) < 4.78 is 6.55. The molecule has 6 heteroatoms. The standard InChI is InChI=1S/C14H10Br2O2S2/c1-18-14(17)8-2-9(15)5-12(3-8)20-13-6-10(16)4-11(19)7-13/h2-7,19H,1H3. The smallest absolute Gasteiger partial charge is 0.337 e. The van der Waals surface area contributed by atoms with E-state index in [4.69, 9.17) is 4.74 Å². The molecule has 0 amide bonds. The van der Waals surface area contributed by atoms with Crippen LogP contribution in [-0.4, -0.2) is 13.1 Å². The normalized spacial score (nSPS) is 10.4. The Bertz CT molecular complexity index is 639. The molecule has 104 valence electrons. The van der Waals surface area contributed by atoms with E-state index in [0.717, 1.165) is 23.6 Å². The number of halogens is 2. The molecule has 2 nitrogen and oxygen atoms in total. The molecule has 2 aromatic carbocycles. The molecule has 0 aliphatic carbocycles. The summed E-state index contributed by atoms with van der Waals surface area (Å²) in [7, 11) is 1.37. The molecule has 0 atom stereocenters. The van der Waals surface area contributed by atoms with Gasteiger partial charge in [0.25, 0.3) is 0 Å². The highest BCUT2D eigenvalue weighted by Crippen LogP contribution is 2.33. The van der Waals surface area contributed by atoms with Crippen LogP contribution in [-0.2, 0) is 4.74 Å². The lowest BCUT2D eigenvalue weighted by Gasteiger charge is -2.07. The van der Waals surface area contributed by atoms with Crippen molar-refractivity contribution < 1.29 is 9.53 Å². The van der Waals surface area contributed by atoms with Crippen molar-refractivity contribution in [3.63, 3.8) is 0 Å². The average Bonchev–Trinajstić information content (AvgIpc) is 2.35. The molecule has 0 aliphatic rings. The van der Waals surface area contributed by atoms with Crippen LogP contribution in [0.25, 0.3) is 0 Å². The highest BCUT2D eigenvalue weighted by atomic mass is 79.9. The predicted molar refractivity (Wildman–Crippen MR) is 91.0 cm³/mol. The van der Waals surface area contributed by atoms with Crippen molar-refractivity contribution in [2.24, 2.45) is 0 Å². The fourth-order valence-electron chi connectivity index (χ4n) is 1.60. The lowest BCUT2D eigenvalue weighted by atomic mass is 10.2. The van der Waals surface area contributed by atoms with E-state index in [9.17, 15) is 4.79 Å². The van der Waals surface area contributed by atoms with Gasteiger partial charge in [-0.2, -0.15) is 0 Å². The van der Waals surface area contributed by atoms with Crippen LogP contribution < -0.4 is 0 Å². The third-order valence-electron chi connectivity index (χ3n) is 2.38. The van der Waals surface area contributed by atoms with Gasteiger partial charge in [0.15, 0.2) is 0 Å². The van der Waals surface area contributed by atoms with Crippen molar-refractivity contribution in [3.05, 3.63) is 50.9 Å². The summed E-state index contributed by atoms with van der Waals surface area (Å²) >= 11 is 12.8. The zero-order chi connectivity index (χ0) is 14.7. The number of rotatable bonds is 3. The molecule has 2 aromatic rings. The van der Waals surface area contributed by atoms with Crippen LogP contribution in [0.3, 0.4) is 0 Å². The molecule has 0 aromatic heterocycles. The number of carbonyl (C=O) groups is 1. The fourth-order valence-corrected chi connectivity index (χ4v) is 4.45. The van der Waals surface area contributed by atoms with Gasteiger partial charge in [-0.05, 0) is 36.4 Å². The van der Waals surface area contributed by atoms with Gasteiger partial charge in [0.05, 0.1) is 12.7 Å². The number of hydrogen-bond acceptors (Lipinski definition) is 4. The second-order valence-electron chi connectivity index (χ2n) is 3.91. The minimum Gasteiger partial charge on any atom is -0.465 e. The van der Waals surface area contributed by atoms with E-state index in [2.05, 4.69) is 44.5 Å². The van der Waals surface area contributed by atoms with Gasteiger partial charge in [-0.1, -0.05) is 43.6 Å². The van der Waals surface area contributed by atoms with Crippen molar-refractivity contribution in [2.45, 2.75) is 14.7 Å². The van der Waals surface area contributed by atoms with Gasteiger partial charge in [-0.25, -0.2) is 4.79 Å². The number of benzene rings is 2. The quantitative estimate of drug-likeness (QED) is 0.515. The van der Waals surface area contributed by atoms with Gasteiger partial charge in [0, 0.05) is 23.6 Å². The first-order valence-corrected chi connectivity index (χ1v) is 8.39. The molecule has 0 N–H and O–H groups in total. The zero-order valence-corrected chi connectivity index (χ0v) is 15.3. The van der Waals surface area contributed by atoms with Crippen molar-refractivity contribution >= 4 is 62.2 Å². The Morgan fingerprint density at radius 2 is 1.65 bits per heavy atom. The second-order valence-corrected chi connectivity index (χ2v) is 7.41. The molecule has 20 heavy (non-hydrogen) atoms. The van der Waals surface area contributed by atoms with Crippen LogP contribution >= 0.6 is 56.3 Å². The molecule has 0 aliphatic heterocycles. The van der Waals surface area contributed by atoms with E-state index >= 15 is 0 Å². The maximum atomic E-state index is 11.6. The van der Waals surface area contributed by atoms with E-state index in [0.29, 0.717) is 5.56 Å². The number of carbonyl (C=O) groups excluding carboxylic acids is 1. The van der Waals surface area contributed by atoms with E-state index in [1.165, 1.54) is 7.11 Å². The fraction of sp³-hybridized carbons (Fsp3) is 0.0714. The van der Waals surface area contributed by atoms with Gasteiger partial charge in [-0.15, -0.1) is 12.6 Å². The van der Waals surface area contributed by atoms with E-state index in [1.807, 2.05) is 24.3 Å². The number of esters is 1. The molecular weight excluding hydrogens is 424 g/mol. The Kier molecular flexibility index (Phi) is 5.60. The number of thiol groups is 1. The van der Waals surface area contributed by atoms with E-state index in [1.54, 1.807) is 23.9 Å². The topological polar surface area (TPSA) is 26.3 Å². The van der Waals surface area contributed by atoms with Crippen molar-refractivity contribution in [1.29, 1.82) is 0 Å². The Morgan fingerprint density at radius 1 is 1.05 bits per heavy atom. The first-order valence-electron chi connectivity index (χ1n) is 5.54. The minimum absolute atomic E-state index is 0.350. The molecule has 0 heterocycles. The Balaban J connectivity index is 2.33. The summed E-state index contributed by atoms with van der Waals surface area (Å²) in [4.78, 5) is 14.5. The largest absolute Gasteiger partial charge is 0.465 e. The Labute approximate surface area is 144 Å². The van der Waals surface area contributed by atoms with E-state index in [-0.39, 0.29) is 5.97 Å². The first kappa shape index (κ1) is 15.9. The summed E-state index contributed by atoms with van der Waals surface area (Å²) in [5, 5.41) is 0. The van der Waals surface area contributed by atoms with Crippen LogP contribution in [0.15, 0.2) is 60.0 Å².